The predicted octanol–water partition coefficient (Wildman–Crippen LogP) is 5.65. The Labute approximate surface area is 168 Å². The summed E-state index contributed by atoms with van der Waals surface area (Å²) in [4.78, 5) is 27.3. The van der Waals surface area contributed by atoms with Crippen molar-refractivity contribution in [2.45, 2.75) is 24.7 Å². The van der Waals surface area contributed by atoms with Crippen LogP contribution in [0.2, 0.25) is 5.02 Å². The topological polar surface area (TPSA) is 37.4 Å². The molecule has 0 unspecified atom stereocenters. The zero-order chi connectivity index (χ0) is 19.5. The molecule has 0 N–H and O–H groups in total. The molecule has 2 aliphatic rings. The number of rotatable bonds is 3. The normalized spacial score (nSPS) is 22.4. The third kappa shape index (κ3) is 2.36. The van der Waals surface area contributed by atoms with Crippen LogP contribution in [0.4, 0.5) is 11.4 Å². The summed E-state index contributed by atoms with van der Waals surface area (Å²) in [6.07, 6.45) is 0.785. The van der Waals surface area contributed by atoms with Gasteiger partial charge in [0.2, 0.25) is 5.91 Å². The number of nitrogens with zero attached hydrogens (tertiary/aromatic N) is 1. The van der Waals surface area contributed by atoms with E-state index >= 15 is 0 Å². The Hall–Kier alpha value is -2.91. The first kappa shape index (κ1) is 17.2. The molecule has 0 aromatic heterocycles. The summed E-state index contributed by atoms with van der Waals surface area (Å²) >= 11 is 6.04. The van der Waals surface area contributed by atoms with E-state index in [2.05, 4.69) is 6.07 Å². The molecule has 4 heteroatoms. The molecule has 1 aliphatic heterocycles. The number of hydrogen-bond acceptors (Lipinski definition) is 2. The van der Waals surface area contributed by atoms with E-state index < -0.39 is 5.41 Å². The molecular formula is C24H18ClNO2. The summed E-state index contributed by atoms with van der Waals surface area (Å²) in [6, 6.07) is 23.1. The number of fused-ring (bicyclic) bond motifs is 2. The fourth-order valence-electron chi connectivity index (χ4n) is 4.48. The largest absolute Gasteiger partial charge is 0.295 e. The van der Waals surface area contributed by atoms with E-state index in [4.69, 9.17) is 11.6 Å². The molecule has 1 fully saturated rings. The molecule has 3 nitrogen and oxygen atoms in total. The first-order valence-corrected chi connectivity index (χ1v) is 9.71. The van der Waals surface area contributed by atoms with E-state index in [-0.39, 0.29) is 17.6 Å². The van der Waals surface area contributed by atoms with Crippen LogP contribution in [0.5, 0.6) is 0 Å². The third-order valence-electron chi connectivity index (χ3n) is 5.95. The van der Waals surface area contributed by atoms with E-state index in [0.717, 1.165) is 28.9 Å². The summed E-state index contributed by atoms with van der Waals surface area (Å²) in [5.41, 5.74) is 3.92. The highest BCUT2D eigenvalue weighted by atomic mass is 35.5. The SMILES string of the molecule is CC(=O)c1cccc(N2C(=O)[C@@]3(C[C@H]3c3ccc(Cl)cc3)c3ccccc32)c1. The molecule has 3 aromatic rings. The molecule has 0 bridgehead atoms. The number of anilines is 2. The molecule has 28 heavy (non-hydrogen) atoms. The Morgan fingerprint density at radius 2 is 1.79 bits per heavy atom. The van der Waals surface area contributed by atoms with E-state index in [1.165, 1.54) is 6.92 Å². The number of carbonyl (C=O) groups is 2. The van der Waals surface area contributed by atoms with Crippen molar-refractivity contribution in [2.24, 2.45) is 0 Å². The third-order valence-corrected chi connectivity index (χ3v) is 6.21. The standard InChI is InChI=1S/C24H18ClNO2/c1-15(27)17-5-4-6-19(13-17)26-22-8-3-2-7-20(22)24(23(26)28)14-21(24)16-9-11-18(25)12-10-16/h2-13,21H,14H2,1H3/t21-,24-/m0/s1. The van der Waals surface area contributed by atoms with Gasteiger partial charge in [0.05, 0.1) is 11.1 Å². The highest BCUT2D eigenvalue weighted by Crippen LogP contribution is 2.67. The summed E-state index contributed by atoms with van der Waals surface area (Å²) in [7, 11) is 0. The summed E-state index contributed by atoms with van der Waals surface area (Å²) in [5.74, 6) is 0.204. The maximum Gasteiger partial charge on any atom is 0.242 e. The van der Waals surface area contributed by atoms with Crippen molar-refractivity contribution >= 4 is 34.7 Å². The molecule has 1 heterocycles. The van der Waals surface area contributed by atoms with Gasteiger partial charge >= 0.3 is 0 Å². The maximum atomic E-state index is 13.7. The van der Waals surface area contributed by atoms with Gasteiger partial charge in [-0.15, -0.1) is 0 Å². The van der Waals surface area contributed by atoms with Crippen molar-refractivity contribution in [1.29, 1.82) is 0 Å². The van der Waals surface area contributed by atoms with E-state index in [1.54, 1.807) is 17.0 Å². The van der Waals surface area contributed by atoms with E-state index in [1.807, 2.05) is 54.6 Å². The van der Waals surface area contributed by atoms with E-state index in [9.17, 15) is 9.59 Å². The van der Waals surface area contributed by atoms with Crippen molar-refractivity contribution < 1.29 is 9.59 Å². The lowest BCUT2D eigenvalue weighted by atomic mass is 9.92. The second-order valence-electron chi connectivity index (χ2n) is 7.54. The monoisotopic (exact) mass is 387 g/mol. The molecule has 1 saturated carbocycles. The minimum atomic E-state index is -0.531. The Morgan fingerprint density at radius 1 is 1.04 bits per heavy atom. The maximum absolute atomic E-state index is 13.7. The molecule has 1 amide bonds. The lowest BCUT2D eigenvalue weighted by Crippen LogP contribution is -2.29. The number of amides is 1. The molecule has 5 rings (SSSR count). The van der Waals surface area contributed by atoms with Gasteiger partial charge in [0, 0.05) is 22.2 Å². The highest BCUT2D eigenvalue weighted by Gasteiger charge is 2.67. The van der Waals surface area contributed by atoms with Crippen LogP contribution >= 0.6 is 11.6 Å². The van der Waals surface area contributed by atoms with Crippen LogP contribution in [0.1, 0.15) is 40.7 Å². The average Bonchev–Trinajstić information content (AvgIpc) is 3.40. The number of para-hydroxylation sites is 1. The molecular weight excluding hydrogens is 370 g/mol. The lowest BCUT2D eigenvalue weighted by Gasteiger charge is -2.19. The van der Waals surface area contributed by atoms with Gasteiger partial charge in [-0.1, -0.05) is 54.1 Å². The van der Waals surface area contributed by atoms with Gasteiger partial charge in [-0.2, -0.15) is 0 Å². The Balaban J connectivity index is 1.61. The number of ketones is 1. The fraction of sp³-hybridized carbons (Fsp3) is 0.167. The zero-order valence-corrected chi connectivity index (χ0v) is 16.1. The molecule has 0 saturated heterocycles. The minimum absolute atomic E-state index is 0.0121. The van der Waals surface area contributed by atoms with Gasteiger partial charge in [0.1, 0.15) is 0 Å². The van der Waals surface area contributed by atoms with Gasteiger partial charge in [-0.05, 0) is 54.8 Å². The molecule has 1 spiro atoms. The van der Waals surface area contributed by atoms with Gasteiger partial charge in [0.25, 0.3) is 0 Å². The quantitative estimate of drug-likeness (QED) is 0.545. The molecule has 1 aliphatic carbocycles. The first-order chi connectivity index (χ1) is 13.5. The van der Waals surface area contributed by atoms with Gasteiger partial charge in [-0.3, -0.25) is 14.5 Å². The van der Waals surface area contributed by atoms with Crippen molar-refractivity contribution in [1.82, 2.24) is 0 Å². The van der Waals surface area contributed by atoms with Crippen LogP contribution in [-0.4, -0.2) is 11.7 Å². The van der Waals surface area contributed by atoms with Crippen molar-refractivity contribution in [3.63, 3.8) is 0 Å². The smallest absolute Gasteiger partial charge is 0.242 e. The molecule has 2 atom stereocenters. The molecule has 138 valence electrons. The second-order valence-corrected chi connectivity index (χ2v) is 7.98. The summed E-state index contributed by atoms with van der Waals surface area (Å²) < 4.78 is 0. The lowest BCUT2D eigenvalue weighted by molar-refractivity contribution is -0.119. The summed E-state index contributed by atoms with van der Waals surface area (Å²) in [6.45, 7) is 1.54. The van der Waals surface area contributed by atoms with Crippen molar-refractivity contribution in [3.8, 4) is 0 Å². The number of hydrogen-bond donors (Lipinski definition) is 0. The van der Waals surface area contributed by atoms with E-state index in [0.29, 0.717) is 10.6 Å². The van der Waals surface area contributed by atoms with Crippen LogP contribution in [0.15, 0.2) is 72.8 Å². The van der Waals surface area contributed by atoms with Gasteiger partial charge in [0.15, 0.2) is 5.78 Å². The van der Waals surface area contributed by atoms with Crippen molar-refractivity contribution in [3.05, 3.63) is 94.5 Å². The van der Waals surface area contributed by atoms with Crippen molar-refractivity contribution in [2.75, 3.05) is 4.90 Å². The Kier molecular flexibility index (Phi) is 3.72. The molecule has 3 aromatic carbocycles. The van der Waals surface area contributed by atoms with Gasteiger partial charge < -0.3 is 0 Å². The molecule has 0 radical (unpaired) electrons. The van der Waals surface area contributed by atoms with Crippen LogP contribution < -0.4 is 4.90 Å². The second kappa shape index (κ2) is 6.05. The van der Waals surface area contributed by atoms with Gasteiger partial charge in [-0.25, -0.2) is 0 Å². The average molecular weight is 388 g/mol. The minimum Gasteiger partial charge on any atom is -0.295 e. The number of halogens is 1. The summed E-state index contributed by atoms with van der Waals surface area (Å²) in [5, 5.41) is 0.694. The number of Topliss-reactive ketones (excluding diaryl/α,β-unsaturated/α-hetero) is 1. The van der Waals surface area contributed by atoms with Crippen LogP contribution in [-0.2, 0) is 10.2 Å². The zero-order valence-electron chi connectivity index (χ0n) is 15.4. The van der Waals surface area contributed by atoms with Crippen LogP contribution in [0, 0.1) is 0 Å². The van der Waals surface area contributed by atoms with Crippen LogP contribution in [0.3, 0.4) is 0 Å². The predicted molar refractivity (Wildman–Crippen MR) is 111 cm³/mol. The number of benzene rings is 3. The number of carbonyl (C=O) groups excluding carboxylic acids is 2. The Bertz CT molecular complexity index is 1120. The Morgan fingerprint density at radius 3 is 2.54 bits per heavy atom. The van der Waals surface area contributed by atoms with Crippen LogP contribution in [0.25, 0.3) is 0 Å². The fourth-order valence-corrected chi connectivity index (χ4v) is 4.61. The highest BCUT2D eigenvalue weighted by molar-refractivity contribution is 6.30. The first-order valence-electron chi connectivity index (χ1n) is 9.33.